The Bertz CT molecular complexity index is 1010. The van der Waals surface area contributed by atoms with Gasteiger partial charge in [-0.15, -0.1) is 0 Å². The van der Waals surface area contributed by atoms with E-state index in [2.05, 4.69) is 31.9 Å². The fourth-order valence-electron chi connectivity index (χ4n) is 3.06. The van der Waals surface area contributed by atoms with E-state index in [0.717, 1.165) is 12.1 Å². The minimum absolute atomic E-state index is 0.00420. The van der Waals surface area contributed by atoms with Crippen LogP contribution in [0.3, 0.4) is 0 Å². The third-order valence-corrected chi connectivity index (χ3v) is 4.58. The number of rotatable bonds is 4. The molecular weight excluding hydrogens is 420 g/mol. The number of hydrogen-bond donors (Lipinski definition) is 3. The van der Waals surface area contributed by atoms with E-state index >= 15 is 0 Å². The van der Waals surface area contributed by atoms with Crippen LogP contribution in [-0.2, 0) is 0 Å². The van der Waals surface area contributed by atoms with Gasteiger partial charge < -0.3 is 20.9 Å². The van der Waals surface area contributed by atoms with Crippen molar-refractivity contribution in [3.05, 3.63) is 47.3 Å². The molecule has 3 rings (SSSR count). The van der Waals surface area contributed by atoms with Crippen molar-refractivity contribution in [2.45, 2.75) is 43.9 Å². The number of nitrogens with one attached hydrogen (secondary N) is 1. The number of nitrogen functional groups attached to an aromatic ring is 1. The van der Waals surface area contributed by atoms with Gasteiger partial charge in [0.1, 0.15) is 5.75 Å². The fraction of sp³-hybridized carbons (Fsp3) is 0.350. The van der Waals surface area contributed by atoms with E-state index in [1.165, 1.54) is 18.5 Å². The first-order valence-corrected chi connectivity index (χ1v) is 9.18. The molecule has 164 valence electrons. The number of alkyl halides is 4. The van der Waals surface area contributed by atoms with Crippen LogP contribution >= 0.6 is 0 Å². The van der Waals surface area contributed by atoms with Crippen molar-refractivity contribution in [2.75, 3.05) is 5.73 Å². The number of aliphatic hydroxyl groups is 1. The zero-order valence-electron chi connectivity index (χ0n) is 16.0. The van der Waals surface area contributed by atoms with Crippen LogP contribution in [0.2, 0.25) is 0 Å². The highest BCUT2D eigenvalue weighted by Gasteiger charge is 2.41. The minimum Gasteiger partial charge on any atom is -0.435 e. The Morgan fingerprint density at radius 3 is 2.68 bits per heavy atom. The summed E-state index contributed by atoms with van der Waals surface area (Å²) in [4.78, 5) is 20.2. The smallest absolute Gasteiger partial charge is 0.387 e. The number of anilines is 1. The third-order valence-electron chi connectivity index (χ3n) is 4.58. The summed E-state index contributed by atoms with van der Waals surface area (Å²) in [5, 5.41) is 12.4. The van der Waals surface area contributed by atoms with Crippen LogP contribution < -0.4 is 15.8 Å². The highest BCUT2D eigenvalue weighted by molar-refractivity contribution is 5.97. The van der Waals surface area contributed by atoms with Gasteiger partial charge in [0.05, 0.1) is 23.3 Å². The van der Waals surface area contributed by atoms with Crippen molar-refractivity contribution in [1.29, 1.82) is 0 Å². The quantitative estimate of drug-likeness (QED) is 0.499. The molecule has 7 nitrogen and oxygen atoms in total. The molecule has 31 heavy (non-hydrogen) atoms. The molecule has 1 heterocycles. The lowest BCUT2D eigenvalue weighted by Gasteiger charge is -2.33. The third kappa shape index (κ3) is 6.05. The summed E-state index contributed by atoms with van der Waals surface area (Å²) >= 11 is 0. The van der Waals surface area contributed by atoms with Crippen molar-refractivity contribution in [3.63, 3.8) is 0 Å². The zero-order chi connectivity index (χ0) is 22.6. The highest BCUT2D eigenvalue weighted by Crippen LogP contribution is 2.33. The van der Waals surface area contributed by atoms with E-state index in [0.29, 0.717) is 5.56 Å². The molecule has 1 amide bonds. The lowest BCUT2D eigenvalue weighted by molar-refractivity contribution is -0.0768. The number of aromatic nitrogens is 2. The van der Waals surface area contributed by atoms with Gasteiger partial charge in [-0.1, -0.05) is 11.8 Å². The molecule has 0 aliphatic heterocycles. The summed E-state index contributed by atoms with van der Waals surface area (Å²) in [6, 6.07) is 2.27. The molecule has 2 atom stereocenters. The second kappa shape index (κ2) is 9.18. The maximum Gasteiger partial charge on any atom is 0.387 e. The molecule has 1 aliphatic carbocycles. The lowest BCUT2D eigenvalue weighted by Crippen LogP contribution is -2.50. The summed E-state index contributed by atoms with van der Waals surface area (Å²) < 4.78 is 56.8. The maximum absolute atomic E-state index is 13.7. The van der Waals surface area contributed by atoms with Crippen molar-refractivity contribution in [2.24, 2.45) is 0 Å². The van der Waals surface area contributed by atoms with Gasteiger partial charge in [-0.25, -0.2) is 18.7 Å². The summed E-state index contributed by atoms with van der Waals surface area (Å²) in [7, 11) is 0. The Labute approximate surface area is 174 Å². The van der Waals surface area contributed by atoms with Gasteiger partial charge in [0.2, 0.25) is 11.9 Å². The number of carbonyl (C=O) groups is 1. The van der Waals surface area contributed by atoms with Gasteiger partial charge in [0, 0.05) is 30.8 Å². The first kappa shape index (κ1) is 22.3. The Hall–Kier alpha value is -3.39. The molecule has 11 heteroatoms. The average Bonchev–Trinajstić information content (AvgIpc) is 2.70. The highest BCUT2D eigenvalue weighted by atomic mass is 19.3. The summed E-state index contributed by atoms with van der Waals surface area (Å²) in [5.74, 6) is 1.30. The predicted molar refractivity (Wildman–Crippen MR) is 102 cm³/mol. The molecule has 1 saturated carbocycles. The largest absolute Gasteiger partial charge is 0.435 e. The van der Waals surface area contributed by atoms with E-state index in [1.54, 1.807) is 0 Å². The van der Waals surface area contributed by atoms with Gasteiger partial charge in [0.25, 0.3) is 5.91 Å². The van der Waals surface area contributed by atoms with Crippen LogP contribution in [0.1, 0.15) is 40.7 Å². The number of amides is 1. The molecule has 0 unspecified atom stereocenters. The zero-order valence-corrected chi connectivity index (χ0v) is 16.0. The molecule has 0 radical (unpaired) electrons. The van der Waals surface area contributed by atoms with Gasteiger partial charge in [0.15, 0.2) is 0 Å². The molecule has 0 bridgehead atoms. The van der Waals surface area contributed by atoms with Crippen LogP contribution in [0, 0.1) is 11.8 Å². The molecule has 4 N–H and O–H groups in total. The molecule has 2 aromatic rings. The summed E-state index contributed by atoms with van der Waals surface area (Å²) in [6.07, 6.45) is 0.177. The van der Waals surface area contributed by atoms with Crippen molar-refractivity contribution < 1.29 is 32.2 Å². The Balaban J connectivity index is 1.89. The maximum atomic E-state index is 13.7. The van der Waals surface area contributed by atoms with Crippen LogP contribution in [0.4, 0.5) is 23.5 Å². The predicted octanol–water partition coefficient (Wildman–Crippen LogP) is 2.34. The molecule has 1 aromatic carbocycles. The van der Waals surface area contributed by atoms with E-state index in [9.17, 15) is 27.5 Å². The molecule has 0 saturated heterocycles. The first-order chi connectivity index (χ1) is 14.6. The Kier molecular flexibility index (Phi) is 6.60. The van der Waals surface area contributed by atoms with Crippen LogP contribution in [0.15, 0.2) is 30.6 Å². The molecule has 1 aliphatic rings. The van der Waals surface area contributed by atoms with Crippen molar-refractivity contribution >= 4 is 11.9 Å². The van der Waals surface area contributed by atoms with Crippen molar-refractivity contribution in [3.8, 4) is 17.6 Å². The number of nitrogens with two attached hydrogens (primary N) is 1. The topological polar surface area (TPSA) is 110 Å². The van der Waals surface area contributed by atoms with Gasteiger partial charge in [-0.3, -0.25) is 4.79 Å². The monoisotopic (exact) mass is 438 g/mol. The molecule has 1 fully saturated rings. The fourth-order valence-corrected chi connectivity index (χ4v) is 3.06. The first-order valence-electron chi connectivity index (χ1n) is 9.18. The Morgan fingerprint density at radius 1 is 1.29 bits per heavy atom. The van der Waals surface area contributed by atoms with Gasteiger partial charge >= 0.3 is 6.61 Å². The number of hydrogen-bond acceptors (Lipinski definition) is 6. The van der Waals surface area contributed by atoms with Crippen molar-refractivity contribution in [1.82, 2.24) is 15.3 Å². The van der Waals surface area contributed by atoms with Gasteiger partial charge in [-0.05, 0) is 24.6 Å². The SMILES string of the molecule is Nc1ncc(C#Cc2cc(OC(F)F)ccc2C(=O)N[C@H]2CC(F)(F)CC[C@@H]2O)cn1. The normalized spacial score (nSPS) is 19.9. The van der Waals surface area contributed by atoms with Gasteiger partial charge in [-0.2, -0.15) is 8.78 Å². The lowest BCUT2D eigenvalue weighted by atomic mass is 9.89. The van der Waals surface area contributed by atoms with Crippen LogP contribution in [0.25, 0.3) is 0 Å². The number of benzene rings is 1. The molecular formula is C20H18F4N4O3. The molecule has 1 aromatic heterocycles. The molecule has 0 spiro atoms. The van der Waals surface area contributed by atoms with Crippen LogP contribution in [0.5, 0.6) is 5.75 Å². The number of ether oxygens (including phenoxy) is 1. The second-order valence-corrected chi connectivity index (χ2v) is 6.91. The van der Waals surface area contributed by atoms with E-state index < -0.39 is 43.4 Å². The number of aliphatic hydroxyl groups excluding tert-OH is 1. The standard InChI is InChI=1S/C20H18F4N4O3/c21-18(22)31-13-3-4-14(12(7-13)2-1-11-9-26-19(25)27-10-11)17(30)28-15-8-20(23,24)6-5-16(15)29/h3-4,7,9-10,15-16,18,29H,5-6,8H2,(H,28,30)(H2,25,26,27)/t15-,16-/m0/s1. The van der Waals surface area contributed by atoms with E-state index in [1.807, 2.05) is 0 Å². The minimum atomic E-state index is -3.09. The van der Waals surface area contributed by atoms with E-state index in [4.69, 9.17) is 5.73 Å². The second-order valence-electron chi connectivity index (χ2n) is 6.91. The van der Waals surface area contributed by atoms with Crippen LogP contribution in [-0.4, -0.2) is 45.7 Å². The Morgan fingerprint density at radius 2 is 2.00 bits per heavy atom. The average molecular weight is 438 g/mol. The number of halogens is 4. The summed E-state index contributed by atoms with van der Waals surface area (Å²) in [6.45, 7) is -3.09. The number of carbonyl (C=O) groups excluding carboxylic acids is 1. The summed E-state index contributed by atoms with van der Waals surface area (Å²) in [5.41, 5.74) is 5.68. The van der Waals surface area contributed by atoms with E-state index in [-0.39, 0.29) is 29.2 Å². The number of nitrogens with zero attached hydrogens (tertiary/aromatic N) is 2.